The third kappa shape index (κ3) is 5.94. The topological polar surface area (TPSA) is 66.5 Å². The third-order valence-corrected chi connectivity index (χ3v) is 5.79. The van der Waals surface area contributed by atoms with Gasteiger partial charge in [-0.2, -0.15) is 0 Å². The highest BCUT2D eigenvalue weighted by molar-refractivity contribution is 7.89. The van der Waals surface area contributed by atoms with Crippen molar-refractivity contribution in [1.29, 1.82) is 0 Å². The van der Waals surface area contributed by atoms with E-state index in [4.69, 9.17) is 0 Å². The molecule has 0 radical (unpaired) electrons. The molecule has 6 heteroatoms. The van der Waals surface area contributed by atoms with E-state index in [1.165, 1.54) is 0 Å². The molecule has 0 unspecified atom stereocenters. The number of unbranched alkanes of at least 4 members (excludes halogenated alkanes) is 1. The second kappa shape index (κ2) is 7.58. The van der Waals surface area contributed by atoms with E-state index in [9.17, 15) is 13.2 Å². The summed E-state index contributed by atoms with van der Waals surface area (Å²) < 4.78 is 26.1. The van der Waals surface area contributed by atoms with Gasteiger partial charge < -0.3 is 5.32 Å². The average Bonchev–Trinajstić information content (AvgIpc) is 2.42. The molecule has 124 valence electrons. The molecular formula is C15H30N2O3S. The summed E-state index contributed by atoms with van der Waals surface area (Å²) in [5.74, 6) is 0.486. The fourth-order valence-corrected chi connectivity index (χ4v) is 4.16. The van der Waals surface area contributed by atoms with Crippen LogP contribution >= 0.6 is 0 Å². The van der Waals surface area contributed by atoms with Crippen LogP contribution < -0.4 is 5.32 Å². The van der Waals surface area contributed by atoms with Crippen LogP contribution in [0.5, 0.6) is 0 Å². The summed E-state index contributed by atoms with van der Waals surface area (Å²) in [7, 11) is -3.12. The maximum absolute atomic E-state index is 12.2. The number of nitrogens with zero attached hydrogens (tertiary/aromatic N) is 1. The summed E-state index contributed by atoms with van der Waals surface area (Å²) in [5, 5.41) is 2.95. The molecule has 0 bridgehead atoms. The molecular weight excluding hydrogens is 288 g/mol. The Morgan fingerprint density at radius 2 is 2.00 bits per heavy atom. The zero-order chi connectivity index (χ0) is 16.1. The van der Waals surface area contributed by atoms with E-state index < -0.39 is 15.4 Å². The Balaban J connectivity index is 2.51. The van der Waals surface area contributed by atoms with Gasteiger partial charge >= 0.3 is 0 Å². The lowest BCUT2D eigenvalue weighted by Crippen LogP contribution is -2.45. The predicted octanol–water partition coefficient (Wildman–Crippen LogP) is 1.99. The van der Waals surface area contributed by atoms with Crippen molar-refractivity contribution in [2.75, 3.05) is 25.4 Å². The number of hydrogen-bond acceptors (Lipinski definition) is 3. The Kier molecular flexibility index (Phi) is 6.66. The molecule has 1 saturated heterocycles. The van der Waals surface area contributed by atoms with Gasteiger partial charge in [0.1, 0.15) is 0 Å². The maximum Gasteiger partial charge on any atom is 0.225 e. The van der Waals surface area contributed by atoms with Crippen molar-refractivity contribution < 1.29 is 13.2 Å². The summed E-state index contributed by atoms with van der Waals surface area (Å²) in [5.41, 5.74) is -0.401. The van der Waals surface area contributed by atoms with E-state index >= 15 is 0 Å². The Morgan fingerprint density at radius 3 is 2.57 bits per heavy atom. The summed E-state index contributed by atoms with van der Waals surface area (Å²) in [4.78, 5) is 11.9. The average molecular weight is 318 g/mol. The second-order valence-corrected chi connectivity index (χ2v) is 9.08. The second-order valence-electron chi connectivity index (χ2n) is 7.00. The van der Waals surface area contributed by atoms with Crippen LogP contribution in [0.3, 0.4) is 0 Å². The van der Waals surface area contributed by atoms with Crippen molar-refractivity contribution >= 4 is 15.9 Å². The van der Waals surface area contributed by atoms with Crippen LogP contribution in [0.2, 0.25) is 0 Å². The SMILES string of the molecule is CCCCS(=O)(=O)N1CCC[C@H](CNC(=O)C(C)(C)C)C1. The zero-order valence-corrected chi connectivity index (χ0v) is 14.6. The maximum atomic E-state index is 12.2. The number of sulfonamides is 1. The number of piperidine rings is 1. The zero-order valence-electron chi connectivity index (χ0n) is 13.8. The van der Waals surface area contributed by atoms with Crippen LogP contribution in [-0.2, 0) is 14.8 Å². The van der Waals surface area contributed by atoms with Gasteiger partial charge in [-0.15, -0.1) is 0 Å². The lowest BCUT2D eigenvalue weighted by Gasteiger charge is -2.32. The highest BCUT2D eigenvalue weighted by atomic mass is 32.2. The van der Waals surface area contributed by atoms with E-state index in [-0.39, 0.29) is 17.6 Å². The fourth-order valence-electron chi connectivity index (χ4n) is 2.40. The Bertz CT molecular complexity index is 440. The first kappa shape index (κ1) is 18.4. The van der Waals surface area contributed by atoms with Gasteiger partial charge in [-0.05, 0) is 25.2 Å². The van der Waals surface area contributed by atoms with Crippen molar-refractivity contribution in [3.8, 4) is 0 Å². The number of amides is 1. The van der Waals surface area contributed by atoms with E-state index in [1.807, 2.05) is 27.7 Å². The largest absolute Gasteiger partial charge is 0.355 e. The molecule has 1 heterocycles. The Morgan fingerprint density at radius 1 is 1.33 bits per heavy atom. The van der Waals surface area contributed by atoms with Crippen molar-refractivity contribution in [2.45, 2.75) is 53.4 Å². The minimum Gasteiger partial charge on any atom is -0.355 e. The third-order valence-electron chi connectivity index (χ3n) is 3.86. The summed E-state index contributed by atoms with van der Waals surface area (Å²) in [6.07, 6.45) is 3.45. The van der Waals surface area contributed by atoms with Crippen molar-refractivity contribution in [2.24, 2.45) is 11.3 Å². The van der Waals surface area contributed by atoms with Crippen molar-refractivity contribution in [3.63, 3.8) is 0 Å². The molecule has 1 fully saturated rings. The van der Waals surface area contributed by atoms with Gasteiger partial charge in [0.15, 0.2) is 0 Å². The van der Waals surface area contributed by atoms with Gasteiger partial charge in [0.25, 0.3) is 0 Å². The minimum absolute atomic E-state index is 0.0217. The molecule has 0 spiro atoms. The molecule has 1 N–H and O–H groups in total. The molecule has 1 amide bonds. The molecule has 0 aromatic heterocycles. The lowest BCUT2D eigenvalue weighted by molar-refractivity contribution is -0.128. The first-order valence-electron chi connectivity index (χ1n) is 7.93. The first-order chi connectivity index (χ1) is 9.66. The van der Waals surface area contributed by atoms with Crippen LogP contribution in [0.1, 0.15) is 53.4 Å². The Hall–Kier alpha value is -0.620. The minimum atomic E-state index is -3.12. The van der Waals surface area contributed by atoms with Gasteiger partial charge in [-0.25, -0.2) is 12.7 Å². The number of hydrogen-bond donors (Lipinski definition) is 1. The van der Waals surface area contributed by atoms with Crippen LogP contribution in [0, 0.1) is 11.3 Å². The quantitative estimate of drug-likeness (QED) is 0.814. The van der Waals surface area contributed by atoms with E-state index in [2.05, 4.69) is 5.32 Å². The van der Waals surface area contributed by atoms with Gasteiger partial charge in [0.05, 0.1) is 5.75 Å². The fraction of sp³-hybridized carbons (Fsp3) is 0.933. The summed E-state index contributed by atoms with van der Waals surface area (Å²) >= 11 is 0. The van der Waals surface area contributed by atoms with E-state index in [0.29, 0.717) is 26.1 Å². The molecule has 1 aliphatic heterocycles. The first-order valence-corrected chi connectivity index (χ1v) is 9.54. The normalized spacial score (nSPS) is 21.2. The Labute approximate surface area is 129 Å². The summed E-state index contributed by atoms with van der Waals surface area (Å²) in [6, 6.07) is 0. The number of carbonyl (C=O) groups excluding carboxylic acids is 1. The van der Waals surface area contributed by atoms with Gasteiger partial charge in [-0.1, -0.05) is 34.1 Å². The highest BCUT2D eigenvalue weighted by Gasteiger charge is 2.29. The predicted molar refractivity (Wildman–Crippen MR) is 85.5 cm³/mol. The molecule has 21 heavy (non-hydrogen) atoms. The molecule has 1 rings (SSSR count). The number of carbonyl (C=O) groups is 1. The van der Waals surface area contributed by atoms with Crippen LogP contribution in [0.4, 0.5) is 0 Å². The van der Waals surface area contributed by atoms with Crippen LogP contribution in [0.25, 0.3) is 0 Å². The molecule has 0 aromatic rings. The number of nitrogens with one attached hydrogen (secondary N) is 1. The number of rotatable bonds is 6. The molecule has 1 atom stereocenters. The van der Waals surface area contributed by atoms with Gasteiger partial charge in [0.2, 0.25) is 15.9 Å². The monoisotopic (exact) mass is 318 g/mol. The van der Waals surface area contributed by atoms with E-state index in [0.717, 1.165) is 19.3 Å². The molecule has 0 saturated carbocycles. The lowest BCUT2D eigenvalue weighted by atomic mass is 9.94. The molecule has 0 aromatic carbocycles. The summed E-state index contributed by atoms with van der Waals surface area (Å²) in [6.45, 7) is 9.36. The molecule has 5 nitrogen and oxygen atoms in total. The van der Waals surface area contributed by atoms with E-state index in [1.54, 1.807) is 4.31 Å². The van der Waals surface area contributed by atoms with Crippen LogP contribution in [-0.4, -0.2) is 44.0 Å². The smallest absolute Gasteiger partial charge is 0.225 e. The van der Waals surface area contributed by atoms with Crippen molar-refractivity contribution in [1.82, 2.24) is 9.62 Å². The standard InChI is InChI=1S/C15H30N2O3S/c1-5-6-10-21(19,20)17-9-7-8-13(12-17)11-16-14(18)15(2,3)4/h13H,5-12H2,1-4H3,(H,16,18)/t13-/m1/s1. The van der Waals surface area contributed by atoms with Gasteiger partial charge in [-0.3, -0.25) is 4.79 Å². The highest BCUT2D eigenvalue weighted by Crippen LogP contribution is 2.20. The molecule has 0 aliphatic carbocycles. The molecule has 1 aliphatic rings. The van der Waals surface area contributed by atoms with Crippen molar-refractivity contribution in [3.05, 3.63) is 0 Å². The van der Waals surface area contributed by atoms with Crippen LogP contribution in [0.15, 0.2) is 0 Å². The van der Waals surface area contributed by atoms with Gasteiger partial charge in [0, 0.05) is 25.0 Å².